The molecule has 0 fully saturated rings. The number of carbonyl (C=O) groups excluding carboxylic acids is 3. The third-order valence-corrected chi connectivity index (χ3v) is 5.38. The maximum atomic E-state index is 12.8. The summed E-state index contributed by atoms with van der Waals surface area (Å²) in [5, 5.41) is 21.3. The summed E-state index contributed by atoms with van der Waals surface area (Å²) in [6.07, 6.45) is 0.309. The lowest BCUT2D eigenvalue weighted by atomic mass is 9.99. The highest BCUT2D eigenvalue weighted by molar-refractivity contribution is 6.02. The fourth-order valence-corrected chi connectivity index (χ4v) is 3.58. The van der Waals surface area contributed by atoms with E-state index < -0.39 is 30.1 Å². The van der Waals surface area contributed by atoms with Gasteiger partial charge in [-0.15, -0.1) is 0 Å². The number of hydrogen-bond acceptors (Lipinski definition) is 8. The lowest BCUT2D eigenvalue weighted by molar-refractivity contribution is -0.124. The molecular weight excluding hydrogens is 492 g/mol. The number of amides is 3. The fraction of sp³-hybridized carbons (Fsp3) is 0.179. The Labute approximate surface area is 219 Å². The predicted molar refractivity (Wildman–Crippen MR) is 137 cm³/mol. The van der Waals surface area contributed by atoms with E-state index in [1.807, 2.05) is 6.07 Å². The number of alkyl carbamates (subject to hydrolysis) is 1. The average Bonchev–Trinajstić information content (AvgIpc) is 2.94. The van der Waals surface area contributed by atoms with Gasteiger partial charge < -0.3 is 19.3 Å². The molecule has 38 heavy (non-hydrogen) atoms. The van der Waals surface area contributed by atoms with Crippen molar-refractivity contribution in [2.75, 3.05) is 7.11 Å². The number of imide groups is 1. The summed E-state index contributed by atoms with van der Waals surface area (Å²) in [6.45, 7) is 0. The Morgan fingerprint density at radius 3 is 2.29 bits per heavy atom. The van der Waals surface area contributed by atoms with E-state index in [-0.39, 0.29) is 23.5 Å². The zero-order chi connectivity index (χ0) is 27.3. The van der Waals surface area contributed by atoms with Crippen LogP contribution in [0, 0.1) is 0 Å². The van der Waals surface area contributed by atoms with E-state index in [1.54, 1.807) is 60.7 Å². The van der Waals surface area contributed by atoms with E-state index in [4.69, 9.17) is 19.4 Å². The van der Waals surface area contributed by atoms with Gasteiger partial charge in [0.05, 0.1) is 7.11 Å². The van der Waals surface area contributed by atoms with E-state index in [0.717, 1.165) is 6.08 Å². The van der Waals surface area contributed by atoms with Gasteiger partial charge in [-0.25, -0.2) is 10.3 Å². The van der Waals surface area contributed by atoms with Crippen molar-refractivity contribution in [1.82, 2.24) is 10.8 Å². The predicted octanol–water partition coefficient (Wildman–Crippen LogP) is 4.30. The molecule has 0 spiro atoms. The second kappa shape index (κ2) is 14.0. The van der Waals surface area contributed by atoms with E-state index in [9.17, 15) is 19.5 Å². The average molecular weight is 521 g/mol. The van der Waals surface area contributed by atoms with Crippen molar-refractivity contribution in [3.8, 4) is 17.2 Å². The van der Waals surface area contributed by atoms with Gasteiger partial charge in [-0.3, -0.25) is 20.1 Å². The Balaban J connectivity index is 1.90. The molecule has 10 nitrogen and oxygen atoms in total. The Bertz CT molecular complexity index is 1250. The number of benzene rings is 3. The minimum Gasteiger partial charge on any atom is -0.504 e. The molecule has 0 saturated carbocycles. The van der Waals surface area contributed by atoms with E-state index in [0.29, 0.717) is 17.7 Å². The van der Waals surface area contributed by atoms with E-state index >= 15 is 0 Å². The van der Waals surface area contributed by atoms with Crippen molar-refractivity contribution >= 4 is 17.9 Å². The van der Waals surface area contributed by atoms with Crippen LogP contribution in [0.5, 0.6) is 17.2 Å². The summed E-state index contributed by atoms with van der Waals surface area (Å²) < 4.78 is 17.0. The summed E-state index contributed by atoms with van der Waals surface area (Å²) in [4.78, 5) is 36.7. The van der Waals surface area contributed by atoms with E-state index in [2.05, 4.69) is 5.32 Å². The quantitative estimate of drug-likeness (QED) is 0.166. The van der Waals surface area contributed by atoms with Crippen molar-refractivity contribution in [2.24, 2.45) is 0 Å². The minimum atomic E-state index is -1.09. The number of hydroxylamine groups is 1. The Hall–Kier alpha value is -4.83. The largest absolute Gasteiger partial charge is 0.504 e. The fourth-order valence-electron chi connectivity index (χ4n) is 3.58. The number of methoxy groups -OCH3 is 1. The van der Waals surface area contributed by atoms with Crippen molar-refractivity contribution in [3.05, 3.63) is 102 Å². The summed E-state index contributed by atoms with van der Waals surface area (Å²) in [5.41, 5.74) is 2.16. The minimum absolute atomic E-state index is 0.183. The Kier molecular flexibility index (Phi) is 10.3. The molecule has 0 heterocycles. The molecule has 0 aliphatic heterocycles. The highest BCUT2D eigenvalue weighted by atomic mass is 16.6. The van der Waals surface area contributed by atoms with Crippen LogP contribution in [-0.4, -0.2) is 41.4 Å². The second-order valence-electron chi connectivity index (χ2n) is 8.00. The second-order valence-corrected chi connectivity index (χ2v) is 8.00. The topological polar surface area (TPSA) is 143 Å². The van der Waals surface area contributed by atoms with Gasteiger partial charge in [-0.05, 0) is 49.2 Å². The van der Waals surface area contributed by atoms with Gasteiger partial charge in [0.2, 0.25) is 0 Å². The van der Waals surface area contributed by atoms with Gasteiger partial charge in [-0.2, -0.15) is 0 Å². The van der Waals surface area contributed by atoms with Gasteiger partial charge in [0, 0.05) is 17.2 Å². The number of phenols is 1. The molecule has 0 aliphatic carbocycles. The first-order valence-electron chi connectivity index (χ1n) is 11.7. The third-order valence-electron chi connectivity index (χ3n) is 5.38. The van der Waals surface area contributed by atoms with Crippen molar-refractivity contribution in [1.29, 1.82) is 0 Å². The highest BCUT2D eigenvalue weighted by Crippen LogP contribution is 2.34. The number of allylic oxidation sites excluding steroid dienone is 1. The molecule has 0 aliphatic rings. The lowest BCUT2D eigenvalue weighted by Gasteiger charge is -2.28. The normalized spacial score (nSPS) is 12.3. The SMILES string of the molecule is COc1ccc([C@H](OC(=O)NC(=O)c2ccccc2)[C@H](CC/C=C/C(=O)NO)Oc2ccccc2)cc1O. The zero-order valence-corrected chi connectivity index (χ0v) is 20.6. The highest BCUT2D eigenvalue weighted by Gasteiger charge is 2.30. The lowest BCUT2D eigenvalue weighted by Crippen LogP contribution is -2.36. The first-order chi connectivity index (χ1) is 18.4. The van der Waals surface area contributed by atoms with Crippen molar-refractivity contribution in [3.63, 3.8) is 0 Å². The van der Waals surface area contributed by atoms with Crippen LogP contribution >= 0.6 is 0 Å². The van der Waals surface area contributed by atoms with Gasteiger partial charge in [0.15, 0.2) is 17.6 Å². The number of ether oxygens (including phenoxy) is 3. The molecule has 3 aromatic carbocycles. The molecule has 4 N–H and O–H groups in total. The number of carbonyl (C=O) groups is 3. The van der Waals surface area contributed by atoms with Crippen LogP contribution in [0.4, 0.5) is 4.79 Å². The number of phenolic OH excluding ortho intramolecular Hbond substituents is 1. The first-order valence-corrected chi connectivity index (χ1v) is 11.7. The van der Waals surface area contributed by atoms with Crippen LogP contribution in [-0.2, 0) is 9.53 Å². The Morgan fingerprint density at radius 1 is 0.974 bits per heavy atom. The molecular formula is C28H28N2O8. The van der Waals surface area contributed by atoms with Crippen LogP contribution in [0.25, 0.3) is 0 Å². The molecule has 198 valence electrons. The summed E-state index contributed by atoms with van der Waals surface area (Å²) in [6, 6.07) is 21.5. The molecule has 3 rings (SSSR count). The van der Waals surface area contributed by atoms with Gasteiger partial charge >= 0.3 is 6.09 Å². The first kappa shape index (κ1) is 27.8. The Morgan fingerprint density at radius 2 is 1.66 bits per heavy atom. The molecule has 10 heteroatoms. The standard InChI is InChI=1S/C28H28N2O8/c1-36-23-17-16-20(18-22(23)31)26(38-28(34)29-27(33)19-10-4-2-5-11-19)24(14-8-9-15-25(32)30-35)37-21-12-6-3-7-13-21/h2-7,9-13,15-18,24,26,31,35H,8,14H2,1H3,(H,30,32)(H,29,33,34)/b15-9+/t24-,26-/m0/s1. The smallest absolute Gasteiger partial charge is 0.414 e. The number of nitrogens with one attached hydrogen (secondary N) is 2. The number of aromatic hydroxyl groups is 1. The van der Waals surface area contributed by atoms with E-state index in [1.165, 1.54) is 30.8 Å². The monoisotopic (exact) mass is 520 g/mol. The molecule has 0 saturated heterocycles. The summed E-state index contributed by atoms with van der Waals surface area (Å²) in [5.74, 6) is -0.823. The number of hydrogen-bond donors (Lipinski definition) is 4. The summed E-state index contributed by atoms with van der Waals surface area (Å²) >= 11 is 0. The van der Waals surface area contributed by atoms with Crippen LogP contribution < -0.4 is 20.3 Å². The molecule has 0 bridgehead atoms. The third kappa shape index (κ3) is 8.10. The molecule has 3 aromatic rings. The van der Waals surface area contributed by atoms with Crippen LogP contribution in [0.15, 0.2) is 91.0 Å². The van der Waals surface area contributed by atoms with Crippen molar-refractivity contribution in [2.45, 2.75) is 25.0 Å². The van der Waals surface area contributed by atoms with Gasteiger partial charge in [0.1, 0.15) is 11.9 Å². The molecule has 2 atom stereocenters. The maximum absolute atomic E-state index is 12.8. The van der Waals surface area contributed by atoms with Gasteiger partial charge in [0.25, 0.3) is 11.8 Å². The van der Waals surface area contributed by atoms with Crippen molar-refractivity contribution < 1.29 is 38.9 Å². The van der Waals surface area contributed by atoms with Crippen LogP contribution in [0.2, 0.25) is 0 Å². The van der Waals surface area contributed by atoms with Gasteiger partial charge in [-0.1, -0.05) is 48.5 Å². The molecule has 0 unspecified atom stereocenters. The summed E-state index contributed by atoms with van der Waals surface area (Å²) in [7, 11) is 1.40. The molecule has 0 radical (unpaired) electrons. The number of para-hydroxylation sites is 1. The maximum Gasteiger partial charge on any atom is 0.414 e. The zero-order valence-electron chi connectivity index (χ0n) is 20.6. The molecule has 3 amide bonds. The number of rotatable bonds is 11. The molecule has 0 aromatic heterocycles. The van der Waals surface area contributed by atoms with Crippen LogP contribution in [0.3, 0.4) is 0 Å². The van der Waals surface area contributed by atoms with Crippen LogP contribution in [0.1, 0.15) is 34.9 Å².